The Labute approximate surface area is 147 Å². The van der Waals surface area contributed by atoms with E-state index in [4.69, 9.17) is 0 Å². The van der Waals surface area contributed by atoms with E-state index < -0.39 is 5.60 Å². The molecule has 0 saturated carbocycles. The third-order valence-electron chi connectivity index (χ3n) is 4.35. The van der Waals surface area contributed by atoms with Gasteiger partial charge in [0.1, 0.15) is 0 Å². The van der Waals surface area contributed by atoms with Crippen molar-refractivity contribution in [1.29, 1.82) is 0 Å². The van der Waals surface area contributed by atoms with Crippen LogP contribution in [0.2, 0.25) is 0 Å². The average molecular weight is 335 g/mol. The number of thioether (sulfide) groups is 1. The van der Waals surface area contributed by atoms with Gasteiger partial charge in [0.2, 0.25) is 0 Å². The van der Waals surface area contributed by atoms with E-state index in [-0.39, 0.29) is 5.92 Å². The number of nitrogens with zero attached hydrogens (tertiary/aromatic N) is 1. The van der Waals surface area contributed by atoms with Gasteiger partial charge in [-0.3, -0.25) is 4.98 Å². The molecule has 0 aliphatic carbocycles. The fourth-order valence-corrected chi connectivity index (χ4v) is 3.48. The lowest BCUT2D eigenvalue weighted by Crippen LogP contribution is -2.31. The molecule has 1 heterocycles. The minimum Gasteiger partial charge on any atom is -0.384 e. The number of rotatable bonds is 5. The minimum atomic E-state index is -1.06. The normalized spacial score (nSPS) is 14.8. The van der Waals surface area contributed by atoms with Gasteiger partial charge in [0.15, 0.2) is 0 Å². The Morgan fingerprint density at radius 3 is 2.17 bits per heavy atom. The number of pyridine rings is 1. The molecule has 0 fully saturated rings. The summed E-state index contributed by atoms with van der Waals surface area (Å²) in [7, 11) is 0. The van der Waals surface area contributed by atoms with Crippen molar-refractivity contribution in [1.82, 2.24) is 4.98 Å². The van der Waals surface area contributed by atoms with Crippen LogP contribution in [-0.4, -0.2) is 16.3 Å². The van der Waals surface area contributed by atoms with Crippen molar-refractivity contribution < 1.29 is 5.11 Å². The summed E-state index contributed by atoms with van der Waals surface area (Å²) in [6, 6.07) is 24.0. The lowest BCUT2D eigenvalue weighted by atomic mass is 9.76. The molecule has 0 unspecified atom stereocenters. The maximum Gasteiger partial charge on any atom is 0.0992 e. The van der Waals surface area contributed by atoms with Crippen molar-refractivity contribution >= 4 is 11.8 Å². The van der Waals surface area contributed by atoms with E-state index in [0.717, 1.165) is 16.8 Å². The fourth-order valence-electron chi connectivity index (χ4n) is 3.07. The van der Waals surface area contributed by atoms with Gasteiger partial charge in [-0.2, -0.15) is 0 Å². The lowest BCUT2D eigenvalue weighted by Gasteiger charge is -2.33. The molecule has 0 aliphatic heterocycles. The monoisotopic (exact) mass is 335 g/mol. The molecular formula is C21H21NOS. The zero-order valence-corrected chi connectivity index (χ0v) is 14.7. The summed E-state index contributed by atoms with van der Waals surface area (Å²) in [6.07, 6.45) is 3.83. The largest absolute Gasteiger partial charge is 0.384 e. The second-order valence-corrected chi connectivity index (χ2v) is 6.85. The molecule has 0 saturated heterocycles. The van der Waals surface area contributed by atoms with Gasteiger partial charge < -0.3 is 5.11 Å². The molecule has 0 amide bonds. The Kier molecular flexibility index (Phi) is 5.03. The first kappa shape index (κ1) is 16.7. The number of aromatic nitrogens is 1. The van der Waals surface area contributed by atoms with Gasteiger partial charge in [-0.05, 0) is 48.6 Å². The number of hydrogen-bond donors (Lipinski definition) is 1. The highest BCUT2D eigenvalue weighted by atomic mass is 32.2. The van der Waals surface area contributed by atoms with Gasteiger partial charge in [-0.25, -0.2) is 0 Å². The topological polar surface area (TPSA) is 33.1 Å². The third-order valence-corrected chi connectivity index (χ3v) is 5.10. The Balaban J connectivity index is 2.09. The highest BCUT2D eigenvalue weighted by Gasteiger charge is 2.36. The zero-order chi connectivity index (χ0) is 17.0. The predicted molar refractivity (Wildman–Crippen MR) is 100 cm³/mol. The molecule has 122 valence electrons. The standard InChI is InChI=1S/C21H21NOS/c1-21(23,17-11-13-18(24-2)14-12-17)20(16-8-4-3-5-9-16)19-10-6-7-15-22-19/h3-15,20,23H,1-2H3/t20-,21-/m0/s1. The van der Waals surface area contributed by atoms with Crippen LogP contribution >= 0.6 is 11.8 Å². The van der Waals surface area contributed by atoms with E-state index in [1.165, 1.54) is 4.90 Å². The molecule has 2 aromatic carbocycles. The maximum absolute atomic E-state index is 11.5. The summed E-state index contributed by atoms with van der Waals surface area (Å²) in [4.78, 5) is 5.70. The van der Waals surface area contributed by atoms with E-state index in [1.807, 2.05) is 73.8 Å². The summed E-state index contributed by atoms with van der Waals surface area (Å²) in [6.45, 7) is 1.87. The molecule has 3 aromatic rings. The SMILES string of the molecule is CSc1ccc([C@](C)(O)[C@@H](c2ccccc2)c2ccccn2)cc1. The van der Waals surface area contributed by atoms with Crippen molar-refractivity contribution in [2.45, 2.75) is 23.3 Å². The van der Waals surface area contributed by atoms with Gasteiger partial charge >= 0.3 is 0 Å². The Bertz CT molecular complexity index is 730. The van der Waals surface area contributed by atoms with Crippen molar-refractivity contribution in [2.24, 2.45) is 0 Å². The van der Waals surface area contributed by atoms with Crippen LogP contribution in [0.25, 0.3) is 0 Å². The predicted octanol–water partition coefficient (Wildman–Crippen LogP) is 4.84. The van der Waals surface area contributed by atoms with E-state index in [9.17, 15) is 5.11 Å². The first-order valence-corrected chi connectivity index (χ1v) is 9.18. The van der Waals surface area contributed by atoms with Crippen LogP contribution in [0.5, 0.6) is 0 Å². The average Bonchev–Trinajstić information content (AvgIpc) is 2.63. The van der Waals surface area contributed by atoms with Gasteiger partial charge in [0.25, 0.3) is 0 Å². The quantitative estimate of drug-likeness (QED) is 0.677. The Hall–Kier alpha value is -2.10. The molecule has 0 aliphatic rings. The van der Waals surface area contributed by atoms with Crippen LogP contribution in [0.15, 0.2) is 83.9 Å². The fraction of sp³-hybridized carbons (Fsp3) is 0.190. The summed E-state index contributed by atoms with van der Waals surface area (Å²) in [5, 5.41) is 11.5. The number of aliphatic hydroxyl groups is 1. The lowest BCUT2D eigenvalue weighted by molar-refractivity contribution is 0.0380. The molecule has 1 aromatic heterocycles. The van der Waals surface area contributed by atoms with E-state index in [2.05, 4.69) is 17.1 Å². The van der Waals surface area contributed by atoms with E-state index in [0.29, 0.717) is 0 Å². The van der Waals surface area contributed by atoms with Gasteiger partial charge in [-0.15, -0.1) is 11.8 Å². The highest BCUT2D eigenvalue weighted by molar-refractivity contribution is 7.98. The van der Waals surface area contributed by atoms with E-state index >= 15 is 0 Å². The summed E-state index contributed by atoms with van der Waals surface area (Å²) < 4.78 is 0. The van der Waals surface area contributed by atoms with Gasteiger partial charge in [0.05, 0.1) is 17.2 Å². The maximum atomic E-state index is 11.5. The molecule has 24 heavy (non-hydrogen) atoms. The van der Waals surface area contributed by atoms with Crippen LogP contribution in [0.4, 0.5) is 0 Å². The molecule has 3 rings (SSSR count). The zero-order valence-electron chi connectivity index (χ0n) is 13.9. The molecular weight excluding hydrogens is 314 g/mol. The van der Waals surface area contributed by atoms with Crippen LogP contribution in [0.1, 0.15) is 29.7 Å². The highest BCUT2D eigenvalue weighted by Crippen LogP contribution is 2.41. The summed E-state index contributed by atoms with van der Waals surface area (Å²) >= 11 is 1.70. The number of hydrogen-bond acceptors (Lipinski definition) is 3. The molecule has 2 atom stereocenters. The molecule has 2 nitrogen and oxygen atoms in total. The second-order valence-electron chi connectivity index (χ2n) is 5.97. The molecule has 0 bridgehead atoms. The molecule has 1 N–H and O–H groups in total. The Morgan fingerprint density at radius 1 is 0.917 bits per heavy atom. The van der Waals surface area contributed by atoms with E-state index in [1.54, 1.807) is 18.0 Å². The Morgan fingerprint density at radius 2 is 1.58 bits per heavy atom. The first-order chi connectivity index (χ1) is 11.6. The van der Waals surface area contributed by atoms with Crippen LogP contribution in [-0.2, 0) is 5.60 Å². The van der Waals surface area contributed by atoms with Crippen molar-refractivity contribution in [2.75, 3.05) is 6.26 Å². The first-order valence-electron chi connectivity index (χ1n) is 7.95. The smallest absolute Gasteiger partial charge is 0.0992 e. The number of benzene rings is 2. The summed E-state index contributed by atoms with van der Waals surface area (Å²) in [5.74, 6) is -0.236. The van der Waals surface area contributed by atoms with Crippen molar-refractivity contribution in [3.8, 4) is 0 Å². The van der Waals surface area contributed by atoms with Crippen molar-refractivity contribution in [3.63, 3.8) is 0 Å². The van der Waals surface area contributed by atoms with Gasteiger partial charge in [-0.1, -0.05) is 48.5 Å². The van der Waals surface area contributed by atoms with Crippen LogP contribution in [0.3, 0.4) is 0 Å². The van der Waals surface area contributed by atoms with Crippen LogP contribution < -0.4 is 0 Å². The minimum absolute atomic E-state index is 0.236. The van der Waals surface area contributed by atoms with Crippen LogP contribution in [0, 0.1) is 0 Å². The molecule has 0 radical (unpaired) electrons. The molecule has 0 spiro atoms. The summed E-state index contributed by atoms with van der Waals surface area (Å²) in [5.41, 5.74) is 1.74. The van der Waals surface area contributed by atoms with Crippen molar-refractivity contribution in [3.05, 3.63) is 95.8 Å². The van der Waals surface area contributed by atoms with Gasteiger partial charge in [0, 0.05) is 11.1 Å². The molecule has 3 heteroatoms. The second kappa shape index (κ2) is 7.20. The third kappa shape index (κ3) is 3.37.